The van der Waals surface area contributed by atoms with Gasteiger partial charge in [0.2, 0.25) is 0 Å². The maximum absolute atomic E-state index is 13.0. The largest absolute Gasteiger partial charge is 0.493 e. The van der Waals surface area contributed by atoms with Crippen LogP contribution in [0.4, 0.5) is 0 Å². The summed E-state index contributed by atoms with van der Waals surface area (Å²) in [5.41, 5.74) is 4.17. The fourth-order valence-corrected chi connectivity index (χ4v) is 4.55. The number of amides is 1. The summed E-state index contributed by atoms with van der Waals surface area (Å²) >= 11 is 6.79. The third-order valence-electron chi connectivity index (χ3n) is 5.06. The number of carbonyl (C=O) groups is 1. The van der Waals surface area contributed by atoms with Gasteiger partial charge < -0.3 is 9.47 Å². The molecule has 0 N–H and O–H groups in total. The molecule has 162 valence electrons. The molecule has 1 aliphatic heterocycles. The van der Waals surface area contributed by atoms with Crippen LogP contribution >= 0.6 is 24.0 Å². The van der Waals surface area contributed by atoms with Crippen molar-refractivity contribution >= 4 is 40.3 Å². The normalized spacial score (nSPS) is 14.8. The van der Waals surface area contributed by atoms with Crippen LogP contribution in [0.15, 0.2) is 77.7 Å². The van der Waals surface area contributed by atoms with Crippen molar-refractivity contribution in [1.82, 2.24) is 4.90 Å². The molecule has 1 fully saturated rings. The maximum Gasteiger partial charge on any atom is 0.266 e. The molecule has 4 nitrogen and oxygen atoms in total. The monoisotopic (exact) mass is 461 g/mol. The van der Waals surface area contributed by atoms with E-state index in [0.717, 1.165) is 16.7 Å². The molecule has 0 spiro atoms. The molecule has 6 heteroatoms. The van der Waals surface area contributed by atoms with Gasteiger partial charge in [-0.3, -0.25) is 9.69 Å². The molecule has 0 aliphatic carbocycles. The molecule has 3 aromatic carbocycles. The molecular weight excluding hydrogens is 438 g/mol. The van der Waals surface area contributed by atoms with E-state index in [0.29, 0.717) is 33.9 Å². The molecule has 0 atom stereocenters. The first kappa shape index (κ1) is 22.1. The zero-order valence-corrected chi connectivity index (χ0v) is 19.5. The van der Waals surface area contributed by atoms with Gasteiger partial charge in [0.15, 0.2) is 11.5 Å². The molecular formula is C26H23NO3S2. The molecule has 0 unspecified atom stereocenters. The van der Waals surface area contributed by atoms with Crippen molar-refractivity contribution in [2.24, 2.45) is 0 Å². The average molecular weight is 462 g/mol. The van der Waals surface area contributed by atoms with E-state index in [-0.39, 0.29) is 5.91 Å². The Kier molecular flexibility index (Phi) is 6.93. The predicted octanol–water partition coefficient (Wildman–Crippen LogP) is 5.98. The molecule has 0 saturated carbocycles. The Morgan fingerprint density at radius 3 is 2.44 bits per heavy atom. The smallest absolute Gasteiger partial charge is 0.266 e. The highest BCUT2D eigenvalue weighted by Gasteiger charge is 2.32. The summed E-state index contributed by atoms with van der Waals surface area (Å²) in [6.45, 7) is 2.96. The number of nitrogens with zero attached hydrogens (tertiary/aromatic N) is 1. The lowest BCUT2D eigenvalue weighted by molar-refractivity contribution is -0.122. The standard InChI is InChI=1S/C26H23NO3S2/c1-18-8-10-19(11-9-18)16-27-25(28)24(32-26(27)31)15-21-12-13-22(23(14-21)29-2)30-17-20-6-4-3-5-7-20/h3-15H,16-17H2,1-2H3. The summed E-state index contributed by atoms with van der Waals surface area (Å²) in [5, 5.41) is 0. The number of thiocarbonyl (C=S) groups is 1. The van der Waals surface area contributed by atoms with E-state index in [9.17, 15) is 4.79 Å². The lowest BCUT2D eigenvalue weighted by atomic mass is 10.1. The fourth-order valence-electron chi connectivity index (χ4n) is 3.29. The minimum absolute atomic E-state index is 0.0797. The number of thioether (sulfide) groups is 1. The van der Waals surface area contributed by atoms with E-state index in [1.54, 1.807) is 12.0 Å². The Morgan fingerprint density at radius 1 is 0.969 bits per heavy atom. The van der Waals surface area contributed by atoms with Crippen LogP contribution in [-0.4, -0.2) is 22.2 Å². The number of benzene rings is 3. The number of ether oxygens (including phenoxy) is 2. The van der Waals surface area contributed by atoms with E-state index in [1.807, 2.05) is 85.8 Å². The number of hydrogen-bond acceptors (Lipinski definition) is 5. The maximum atomic E-state index is 13.0. The van der Waals surface area contributed by atoms with Gasteiger partial charge in [-0.1, -0.05) is 90.2 Å². The predicted molar refractivity (Wildman–Crippen MR) is 134 cm³/mol. The summed E-state index contributed by atoms with van der Waals surface area (Å²) in [6, 6.07) is 23.7. The SMILES string of the molecule is COc1cc(C=C2SC(=S)N(Cc3ccc(C)cc3)C2=O)ccc1OCc1ccccc1. The van der Waals surface area contributed by atoms with Gasteiger partial charge >= 0.3 is 0 Å². The highest BCUT2D eigenvalue weighted by atomic mass is 32.2. The highest BCUT2D eigenvalue weighted by Crippen LogP contribution is 2.35. The Labute approximate surface area is 197 Å². The molecule has 0 bridgehead atoms. The summed E-state index contributed by atoms with van der Waals surface area (Å²) in [7, 11) is 1.61. The van der Waals surface area contributed by atoms with Gasteiger partial charge in [-0.15, -0.1) is 0 Å². The van der Waals surface area contributed by atoms with Gasteiger partial charge in [-0.05, 0) is 41.8 Å². The summed E-state index contributed by atoms with van der Waals surface area (Å²) in [5.74, 6) is 1.19. The quantitative estimate of drug-likeness (QED) is 0.319. The minimum Gasteiger partial charge on any atom is -0.493 e. The number of carbonyl (C=O) groups excluding carboxylic acids is 1. The van der Waals surface area contributed by atoms with Gasteiger partial charge in [0.05, 0.1) is 18.6 Å². The summed E-state index contributed by atoms with van der Waals surface area (Å²) < 4.78 is 12.0. The first-order chi connectivity index (χ1) is 15.5. The van der Waals surface area contributed by atoms with Gasteiger partial charge in [0.1, 0.15) is 10.9 Å². The van der Waals surface area contributed by atoms with Crippen LogP contribution in [0.5, 0.6) is 11.5 Å². The number of methoxy groups -OCH3 is 1. The van der Waals surface area contributed by atoms with Crippen molar-refractivity contribution in [3.8, 4) is 11.5 Å². The molecule has 1 amide bonds. The first-order valence-electron chi connectivity index (χ1n) is 10.2. The Balaban J connectivity index is 1.48. The van der Waals surface area contributed by atoms with Crippen molar-refractivity contribution in [2.45, 2.75) is 20.1 Å². The Hall–Kier alpha value is -3.09. The fraction of sp³-hybridized carbons (Fsp3) is 0.154. The van der Waals surface area contributed by atoms with Crippen molar-refractivity contribution < 1.29 is 14.3 Å². The molecule has 4 rings (SSSR count). The second-order valence-corrected chi connectivity index (χ2v) is 9.11. The lowest BCUT2D eigenvalue weighted by Crippen LogP contribution is -2.27. The van der Waals surface area contributed by atoms with E-state index in [4.69, 9.17) is 21.7 Å². The van der Waals surface area contributed by atoms with Gasteiger partial charge in [-0.25, -0.2) is 0 Å². The zero-order chi connectivity index (χ0) is 22.5. The van der Waals surface area contributed by atoms with Crippen molar-refractivity contribution in [3.63, 3.8) is 0 Å². The highest BCUT2D eigenvalue weighted by molar-refractivity contribution is 8.26. The second-order valence-electron chi connectivity index (χ2n) is 7.44. The molecule has 1 aliphatic rings. The van der Waals surface area contributed by atoms with Crippen LogP contribution in [-0.2, 0) is 17.9 Å². The van der Waals surface area contributed by atoms with Crippen LogP contribution in [0.3, 0.4) is 0 Å². The second kappa shape index (κ2) is 10.0. The lowest BCUT2D eigenvalue weighted by Gasteiger charge is -2.14. The topological polar surface area (TPSA) is 38.8 Å². The van der Waals surface area contributed by atoms with Crippen LogP contribution in [0.1, 0.15) is 22.3 Å². The molecule has 0 radical (unpaired) electrons. The van der Waals surface area contributed by atoms with Gasteiger partial charge in [0.25, 0.3) is 5.91 Å². The van der Waals surface area contributed by atoms with Gasteiger partial charge in [-0.2, -0.15) is 0 Å². The minimum atomic E-state index is -0.0797. The average Bonchev–Trinajstić information content (AvgIpc) is 3.07. The third kappa shape index (κ3) is 5.21. The number of aryl methyl sites for hydroxylation is 1. The van der Waals surface area contributed by atoms with E-state index in [1.165, 1.54) is 17.3 Å². The number of hydrogen-bond donors (Lipinski definition) is 0. The molecule has 1 heterocycles. The van der Waals surface area contributed by atoms with E-state index in [2.05, 4.69) is 0 Å². The van der Waals surface area contributed by atoms with Crippen molar-refractivity contribution in [3.05, 3.63) is 100.0 Å². The summed E-state index contributed by atoms with van der Waals surface area (Å²) in [4.78, 5) is 15.2. The van der Waals surface area contributed by atoms with E-state index < -0.39 is 0 Å². The van der Waals surface area contributed by atoms with Crippen molar-refractivity contribution in [1.29, 1.82) is 0 Å². The third-order valence-corrected chi connectivity index (χ3v) is 6.44. The zero-order valence-electron chi connectivity index (χ0n) is 17.9. The van der Waals surface area contributed by atoms with Gasteiger partial charge in [0, 0.05) is 0 Å². The van der Waals surface area contributed by atoms with Crippen LogP contribution in [0.25, 0.3) is 6.08 Å². The summed E-state index contributed by atoms with van der Waals surface area (Å²) in [6.07, 6.45) is 1.85. The Morgan fingerprint density at radius 2 is 1.72 bits per heavy atom. The molecule has 32 heavy (non-hydrogen) atoms. The van der Waals surface area contributed by atoms with Crippen molar-refractivity contribution in [2.75, 3.05) is 7.11 Å². The first-order valence-corrected chi connectivity index (χ1v) is 11.4. The van der Waals surface area contributed by atoms with Crippen LogP contribution < -0.4 is 9.47 Å². The Bertz CT molecular complexity index is 1160. The molecule has 1 saturated heterocycles. The van der Waals surface area contributed by atoms with Crippen LogP contribution in [0, 0.1) is 6.92 Å². The molecule has 0 aromatic heterocycles. The number of rotatable bonds is 7. The van der Waals surface area contributed by atoms with Crippen LogP contribution in [0.2, 0.25) is 0 Å². The molecule has 3 aromatic rings. The van der Waals surface area contributed by atoms with E-state index >= 15 is 0 Å².